The fourth-order valence-electron chi connectivity index (χ4n) is 1.25. The standard InChI is InChI=1S/C8H20N4/c1-8(2,6-12(3)4)5-11-7(9)10/h5-6H2,1-4H3,(H4,9,10,11)/p+1. The van der Waals surface area contributed by atoms with Crippen LogP contribution in [0.2, 0.25) is 0 Å². The summed E-state index contributed by atoms with van der Waals surface area (Å²) in [6, 6.07) is 0. The molecule has 4 nitrogen and oxygen atoms in total. The van der Waals surface area contributed by atoms with Gasteiger partial charge >= 0.3 is 5.96 Å². The maximum Gasteiger partial charge on any atom is 0.338 e. The average molecular weight is 173 g/mol. The number of nitrogens with one attached hydrogen (secondary N) is 1. The summed E-state index contributed by atoms with van der Waals surface area (Å²) in [6.07, 6.45) is 0. The molecule has 0 unspecified atom stereocenters. The molecule has 0 aromatic carbocycles. The lowest BCUT2D eigenvalue weighted by molar-refractivity contribution is -0.476. The van der Waals surface area contributed by atoms with Crippen molar-refractivity contribution >= 4 is 5.96 Å². The Morgan fingerprint density at radius 1 is 1.33 bits per heavy atom. The van der Waals surface area contributed by atoms with Gasteiger partial charge in [-0.2, -0.15) is 0 Å². The van der Waals surface area contributed by atoms with Crippen LogP contribution in [0.5, 0.6) is 0 Å². The van der Waals surface area contributed by atoms with Crippen molar-refractivity contribution in [1.82, 2.24) is 4.90 Å². The molecule has 0 aliphatic rings. The van der Waals surface area contributed by atoms with Gasteiger partial charge in [0.1, 0.15) is 0 Å². The minimum Gasteiger partial charge on any atom is -0.309 e. The molecule has 0 fully saturated rings. The Morgan fingerprint density at radius 2 is 1.83 bits per heavy atom. The van der Waals surface area contributed by atoms with E-state index in [2.05, 4.69) is 37.8 Å². The first-order valence-electron chi connectivity index (χ1n) is 4.10. The Morgan fingerprint density at radius 3 is 2.17 bits per heavy atom. The highest BCUT2D eigenvalue weighted by Gasteiger charge is 2.18. The molecule has 0 bridgehead atoms. The summed E-state index contributed by atoms with van der Waals surface area (Å²) >= 11 is 0. The van der Waals surface area contributed by atoms with Crippen LogP contribution in [-0.2, 0) is 0 Å². The van der Waals surface area contributed by atoms with Crippen molar-refractivity contribution in [2.75, 3.05) is 27.2 Å². The van der Waals surface area contributed by atoms with Crippen molar-refractivity contribution < 1.29 is 4.99 Å². The van der Waals surface area contributed by atoms with Gasteiger partial charge in [0.05, 0.1) is 6.54 Å². The lowest BCUT2D eigenvalue weighted by Crippen LogP contribution is -2.81. The molecule has 0 aromatic rings. The summed E-state index contributed by atoms with van der Waals surface area (Å²) < 4.78 is 0. The fourth-order valence-corrected chi connectivity index (χ4v) is 1.25. The first-order chi connectivity index (χ1) is 5.33. The van der Waals surface area contributed by atoms with E-state index in [0.717, 1.165) is 13.1 Å². The number of hydrogen-bond donors (Lipinski definition) is 3. The van der Waals surface area contributed by atoms with Gasteiger partial charge in [-0.25, -0.2) is 0 Å². The lowest BCUT2D eigenvalue weighted by atomic mass is 9.93. The SMILES string of the molecule is CN(C)CC(C)(C)C[NH+]=C(N)N. The fraction of sp³-hybridized carbons (Fsp3) is 0.875. The molecule has 0 spiro atoms. The molecule has 0 aromatic heterocycles. The van der Waals surface area contributed by atoms with Crippen molar-refractivity contribution in [3.63, 3.8) is 0 Å². The van der Waals surface area contributed by atoms with Crippen molar-refractivity contribution in [1.29, 1.82) is 0 Å². The van der Waals surface area contributed by atoms with Crippen molar-refractivity contribution in [2.24, 2.45) is 16.9 Å². The van der Waals surface area contributed by atoms with Crippen LogP contribution < -0.4 is 16.5 Å². The lowest BCUT2D eigenvalue weighted by Gasteiger charge is -2.25. The molecule has 4 heteroatoms. The predicted octanol–water partition coefficient (Wildman–Crippen LogP) is -2.07. The van der Waals surface area contributed by atoms with Crippen molar-refractivity contribution in [3.05, 3.63) is 0 Å². The predicted molar refractivity (Wildman–Crippen MR) is 51.5 cm³/mol. The van der Waals surface area contributed by atoms with Crippen LogP contribution in [0.3, 0.4) is 0 Å². The molecule has 0 saturated carbocycles. The second kappa shape index (κ2) is 4.30. The van der Waals surface area contributed by atoms with Crippen LogP contribution in [0.25, 0.3) is 0 Å². The zero-order chi connectivity index (χ0) is 9.78. The van der Waals surface area contributed by atoms with Gasteiger partial charge in [0, 0.05) is 12.0 Å². The third-order valence-electron chi connectivity index (χ3n) is 1.52. The summed E-state index contributed by atoms with van der Waals surface area (Å²) in [5.74, 6) is 0.293. The quantitative estimate of drug-likeness (QED) is 0.338. The van der Waals surface area contributed by atoms with Gasteiger partial charge in [-0.1, -0.05) is 13.8 Å². The number of rotatable bonds is 4. The summed E-state index contributed by atoms with van der Waals surface area (Å²) in [5, 5.41) is 0. The highest BCUT2D eigenvalue weighted by atomic mass is 15.1. The van der Waals surface area contributed by atoms with Gasteiger partial charge < -0.3 is 4.90 Å². The van der Waals surface area contributed by atoms with Gasteiger partial charge in [-0.15, -0.1) is 0 Å². The number of guanidine groups is 1. The van der Waals surface area contributed by atoms with E-state index in [0.29, 0.717) is 5.96 Å². The smallest absolute Gasteiger partial charge is 0.309 e. The second-order valence-electron chi connectivity index (χ2n) is 4.21. The molecule has 5 N–H and O–H groups in total. The van der Waals surface area contributed by atoms with E-state index >= 15 is 0 Å². The van der Waals surface area contributed by atoms with E-state index in [1.807, 2.05) is 0 Å². The largest absolute Gasteiger partial charge is 0.338 e. The molecule has 0 aliphatic carbocycles. The second-order valence-corrected chi connectivity index (χ2v) is 4.21. The van der Waals surface area contributed by atoms with Crippen LogP contribution in [0, 0.1) is 5.41 Å². The van der Waals surface area contributed by atoms with E-state index in [1.54, 1.807) is 0 Å². The monoisotopic (exact) mass is 173 g/mol. The van der Waals surface area contributed by atoms with Gasteiger partial charge in [0.15, 0.2) is 0 Å². The molecule has 0 saturated heterocycles. The molecule has 72 valence electrons. The van der Waals surface area contributed by atoms with Crippen LogP contribution in [0.15, 0.2) is 0 Å². The Hall–Kier alpha value is -0.770. The molecule has 12 heavy (non-hydrogen) atoms. The summed E-state index contributed by atoms with van der Waals surface area (Å²) in [7, 11) is 4.11. The van der Waals surface area contributed by atoms with Crippen molar-refractivity contribution in [2.45, 2.75) is 13.8 Å². The zero-order valence-corrected chi connectivity index (χ0v) is 8.52. The van der Waals surface area contributed by atoms with Crippen LogP contribution in [-0.4, -0.2) is 38.0 Å². The van der Waals surface area contributed by atoms with E-state index in [1.165, 1.54) is 0 Å². The molecule has 0 amide bonds. The minimum atomic E-state index is 0.188. The Balaban J connectivity index is 3.95. The minimum absolute atomic E-state index is 0.188. The van der Waals surface area contributed by atoms with E-state index in [4.69, 9.17) is 11.5 Å². The van der Waals surface area contributed by atoms with Gasteiger partial charge in [0.25, 0.3) is 0 Å². The molecule has 0 rings (SSSR count). The van der Waals surface area contributed by atoms with Crippen LogP contribution in [0.1, 0.15) is 13.8 Å². The van der Waals surface area contributed by atoms with E-state index in [-0.39, 0.29) is 5.41 Å². The average Bonchev–Trinajstić information content (AvgIpc) is 1.81. The maximum absolute atomic E-state index is 5.30. The molecular weight excluding hydrogens is 152 g/mol. The van der Waals surface area contributed by atoms with E-state index in [9.17, 15) is 0 Å². The Bertz CT molecular complexity index is 156. The van der Waals surface area contributed by atoms with Gasteiger partial charge in [0.2, 0.25) is 0 Å². The normalized spacial score (nSPS) is 11.8. The third-order valence-corrected chi connectivity index (χ3v) is 1.52. The topological polar surface area (TPSA) is 69.2 Å². The third kappa shape index (κ3) is 5.97. The molecule has 0 radical (unpaired) electrons. The number of hydrogen-bond acceptors (Lipinski definition) is 1. The van der Waals surface area contributed by atoms with Gasteiger partial charge in [-0.3, -0.25) is 16.5 Å². The van der Waals surface area contributed by atoms with Crippen LogP contribution in [0.4, 0.5) is 0 Å². The van der Waals surface area contributed by atoms with Crippen molar-refractivity contribution in [3.8, 4) is 0 Å². The summed E-state index contributed by atoms with van der Waals surface area (Å²) in [6.45, 7) is 6.15. The molecule has 0 aliphatic heterocycles. The molecule has 0 heterocycles. The highest BCUT2D eigenvalue weighted by molar-refractivity contribution is 5.69. The van der Waals surface area contributed by atoms with E-state index < -0.39 is 0 Å². The Kier molecular flexibility index (Phi) is 4.03. The van der Waals surface area contributed by atoms with Crippen LogP contribution >= 0.6 is 0 Å². The molecule has 0 atom stereocenters. The maximum atomic E-state index is 5.30. The molecular formula is C8H21N4+. The van der Waals surface area contributed by atoms with Gasteiger partial charge in [-0.05, 0) is 14.1 Å². The Labute approximate surface area is 74.6 Å². The number of nitrogens with two attached hydrogens (primary N) is 2. The zero-order valence-electron chi connectivity index (χ0n) is 8.52. The first kappa shape index (κ1) is 11.2. The highest BCUT2D eigenvalue weighted by Crippen LogP contribution is 2.11. The first-order valence-corrected chi connectivity index (χ1v) is 4.10. The summed E-state index contributed by atoms with van der Waals surface area (Å²) in [4.78, 5) is 5.08. The number of nitrogens with zero attached hydrogens (tertiary/aromatic N) is 1. The summed E-state index contributed by atoms with van der Waals surface area (Å²) in [5.41, 5.74) is 10.8.